The standard InChI is InChI=1S/C20H16BrNO4/c1-2-13-16-14-5-3-4-6-15(14)26-20(25)17(16)19(24)22(18(13)23)12-9-7-11(21)8-10-12/h3-10,13,16-17H,2H2,1H3/t13-,16+,17-/m0/s1. The van der Waals surface area contributed by atoms with E-state index in [2.05, 4.69) is 15.9 Å². The summed E-state index contributed by atoms with van der Waals surface area (Å²) >= 11 is 3.35. The van der Waals surface area contributed by atoms with Crippen molar-refractivity contribution >= 4 is 39.4 Å². The number of halogens is 1. The fourth-order valence-electron chi connectivity index (χ4n) is 3.89. The molecule has 3 atom stereocenters. The van der Waals surface area contributed by atoms with Crippen LogP contribution in [0.1, 0.15) is 24.8 Å². The molecule has 0 N–H and O–H groups in total. The molecule has 26 heavy (non-hydrogen) atoms. The van der Waals surface area contributed by atoms with Crippen LogP contribution in [0.25, 0.3) is 0 Å². The molecule has 0 radical (unpaired) electrons. The van der Waals surface area contributed by atoms with Crippen LogP contribution < -0.4 is 9.64 Å². The number of ether oxygens (including phenoxy) is 1. The fraction of sp³-hybridized carbons (Fsp3) is 0.250. The maximum Gasteiger partial charge on any atom is 0.324 e. The normalized spacial score (nSPS) is 24.8. The maximum atomic E-state index is 13.2. The van der Waals surface area contributed by atoms with Crippen LogP contribution >= 0.6 is 15.9 Å². The number of fused-ring (bicyclic) bond motifs is 3. The number of carbonyl (C=O) groups excluding carboxylic acids is 3. The minimum atomic E-state index is -1.00. The van der Waals surface area contributed by atoms with Crippen LogP contribution in [0.3, 0.4) is 0 Å². The highest BCUT2D eigenvalue weighted by atomic mass is 79.9. The zero-order chi connectivity index (χ0) is 18.4. The Bertz CT molecular complexity index is 908. The Balaban J connectivity index is 1.84. The van der Waals surface area contributed by atoms with E-state index in [-0.39, 0.29) is 5.91 Å². The highest BCUT2D eigenvalue weighted by molar-refractivity contribution is 9.10. The highest BCUT2D eigenvalue weighted by Gasteiger charge is 2.55. The molecule has 2 aliphatic rings. The molecule has 6 heteroatoms. The van der Waals surface area contributed by atoms with Crippen LogP contribution in [0.2, 0.25) is 0 Å². The molecule has 2 amide bonds. The van der Waals surface area contributed by atoms with Crippen molar-refractivity contribution in [1.29, 1.82) is 0 Å². The summed E-state index contributed by atoms with van der Waals surface area (Å²) in [7, 11) is 0. The Hall–Kier alpha value is -2.47. The molecule has 2 aliphatic heterocycles. The van der Waals surface area contributed by atoms with Gasteiger partial charge in [0, 0.05) is 21.9 Å². The predicted octanol–water partition coefficient (Wildman–Crippen LogP) is 3.67. The Kier molecular flexibility index (Phi) is 4.15. The van der Waals surface area contributed by atoms with Gasteiger partial charge in [-0.2, -0.15) is 0 Å². The fourth-order valence-corrected chi connectivity index (χ4v) is 4.16. The van der Waals surface area contributed by atoms with E-state index in [4.69, 9.17) is 4.74 Å². The molecule has 2 aromatic carbocycles. The number of para-hydroxylation sites is 1. The molecule has 1 saturated heterocycles. The second-order valence-electron chi connectivity index (χ2n) is 6.47. The lowest BCUT2D eigenvalue weighted by molar-refractivity contribution is -0.151. The molecule has 0 bridgehead atoms. The first-order valence-corrected chi connectivity index (χ1v) is 9.26. The van der Waals surface area contributed by atoms with Crippen LogP contribution in [0.4, 0.5) is 5.69 Å². The van der Waals surface area contributed by atoms with Gasteiger partial charge >= 0.3 is 5.97 Å². The van der Waals surface area contributed by atoms with E-state index in [0.717, 1.165) is 14.9 Å². The lowest BCUT2D eigenvalue weighted by Crippen LogP contribution is -2.57. The zero-order valence-electron chi connectivity index (χ0n) is 14.0. The van der Waals surface area contributed by atoms with E-state index in [9.17, 15) is 14.4 Å². The number of imide groups is 1. The summed E-state index contributed by atoms with van der Waals surface area (Å²) in [4.78, 5) is 40.0. The molecule has 0 spiro atoms. The Morgan fingerprint density at radius 3 is 2.38 bits per heavy atom. The molecule has 0 aliphatic carbocycles. The van der Waals surface area contributed by atoms with Gasteiger partial charge in [-0.15, -0.1) is 0 Å². The number of amides is 2. The summed E-state index contributed by atoms with van der Waals surface area (Å²) in [6, 6.07) is 14.0. The second kappa shape index (κ2) is 6.36. The molecule has 2 aromatic rings. The molecule has 1 fully saturated rings. The van der Waals surface area contributed by atoms with Crippen molar-refractivity contribution in [1.82, 2.24) is 0 Å². The van der Waals surface area contributed by atoms with Crippen LogP contribution in [0.5, 0.6) is 5.75 Å². The number of benzene rings is 2. The van der Waals surface area contributed by atoms with Crippen LogP contribution in [-0.2, 0) is 14.4 Å². The second-order valence-corrected chi connectivity index (χ2v) is 7.38. The Morgan fingerprint density at radius 1 is 1.00 bits per heavy atom. The zero-order valence-corrected chi connectivity index (χ0v) is 15.6. The van der Waals surface area contributed by atoms with Gasteiger partial charge in [-0.3, -0.25) is 14.4 Å². The van der Waals surface area contributed by atoms with Crippen molar-refractivity contribution in [3.05, 3.63) is 58.6 Å². The van der Waals surface area contributed by atoms with E-state index in [1.807, 2.05) is 19.1 Å². The summed E-state index contributed by atoms with van der Waals surface area (Å²) in [5.74, 6) is -2.89. The lowest BCUT2D eigenvalue weighted by Gasteiger charge is -2.42. The SMILES string of the molecule is CC[C@@H]1C(=O)N(c2ccc(Br)cc2)C(=O)[C@H]2C(=O)Oc3ccccc3[C@H]21. The van der Waals surface area contributed by atoms with E-state index >= 15 is 0 Å². The third-order valence-corrected chi connectivity index (χ3v) is 5.61. The highest BCUT2D eigenvalue weighted by Crippen LogP contribution is 2.48. The number of nitrogens with zero attached hydrogens (tertiary/aromatic N) is 1. The number of piperidine rings is 1. The van der Waals surface area contributed by atoms with Crippen molar-refractivity contribution in [2.75, 3.05) is 4.90 Å². The third-order valence-electron chi connectivity index (χ3n) is 5.08. The minimum Gasteiger partial charge on any atom is -0.426 e. The van der Waals surface area contributed by atoms with Crippen molar-refractivity contribution in [3.63, 3.8) is 0 Å². The van der Waals surface area contributed by atoms with Crippen molar-refractivity contribution in [2.45, 2.75) is 19.3 Å². The average molecular weight is 414 g/mol. The predicted molar refractivity (Wildman–Crippen MR) is 98.7 cm³/mol. The lowest BCUT2D eigenvalue weighted by atomic mass is 9.70. The Labute approximate surface area is 159 Å². The molecule has 5 nitrogen and oxygen atoms in total. The number of hydrogen-bond acceptors (Lipinski definition) is 4. The van der Waals surface area contributed by atoms with Gasteiger partial charge in [0.15, 0.2) is 0 Å². The van der Waals surface area contributed by atoms with Crippen molar-refractivity contribution in [3.8, 4) is 5.75 Å². The van der Waals surface area contributed by atoms with Gasteiger partial charge in [0.25, 0.3) is 0 Å². The van der Waals surface area contributed by atoms with Crippen molar-refractivity contribution in [2.24, 2.45) is 11.8 Å². The molecule has 132 valence electrons. The van der Waals surface area contributed by atoms with Gasteiger partial charge < -0.3 is 4.74 Å². The van der Waals surface area contributed by atoms with Crippen molar-refractivity contribution < 1.29 is 19.1 Å². The maximum absolute atomic E-state index is 13.2. The van der Waals surface area contributed by atoms with Gasteiger partial charge in [0.2, 0.25) is 11.8 Å². The van der Waals surface area contributed by atoms with Gasteiger partial charge in [-0.05, 0) is 36.8 Å². The largest absolute Gasteiger partial charge is 0.426 e. The summed E-state index contributed by atoms with van der Waals surface area (Å²) < 4.78 is 6.24. The summed E-state index contributed by atoms with van der Waals surface area (Å²) in [5, 5.41) is 0. The molecule has 2 heterocycles. The first kappa shape index (κ1) is 17.0. The molecule has 4 rings (SSSR count). The van der Waals surface area contributed by atoms with Gasteiger partial charge in [-0.25, -0.2) is 4.90 Å². The van der Waals surface area contributed by atoms with Gasteiger partial charge in [-0.1, -0.05) is 41.1 Å². The summed E-state index contributed by atoms with van der Waals surface area (Å²) in [6.45, 7) is 1.90. The molecular formula is C20H16BrNO4. The van der Waals surface area contributed by atoms with Gasteiger partial charge in [0.1, 0.15) is 11.7 Å². The van der Waals surface area contributed by atoms with E-state index in [0.29, 0.717) is 17.9 Å². The monoisotopic (exact) mass is 413 g/mol. The smallest absolute Gasteiger partial charge is 0.324 e. The first-order valence-electron chi connectivity index (χ1n) is 8.47. The topological polar surface area (TPSA) is 63.7 Å². The number of anilines is 1. The van der Waals surface area contributed by atoms with E-state index < -0.39 is 29.6 Å². The van der Waals surface area contributed by atoms with E-state index in [1.165, 1.54) is 0 Å². The number of hydrogen-bond donors (Lipinski definition) is 0. The number of rotatable bonds is 2. The van der Waals surface area contributed by atoms with Crippen LogP contribution in [0, 0.1) is 11.8 Å². The van der Waals surface area contributed by atoms with Gasteiger partial charge in [0.05, 0.1) is 5.69 Å². The molecule has 0 saturated carbocycles. The molecule has 0 aromatic heterocycles. The minimum absolute atomic E-state index is 0.273. The van der Waals surface area contributed by atoms with Crippen LogP contribution in [0.15, 0.2) is 53.0 Å². The van der Waals surface area contributed by atoms with Crippen LogP contribution in [-0.4, -0.2) is 17.8 Å². The third kappa shape index (κ3) is 2.48. The first-order chi connectivity index (χ1) is 12.5. The molecular weight excluding hydrogens is 398 g/mol. The quantitative estimate of drug-likeness (QED) is 0.326. The summed E-state index contributed by atoms with van der Waals surface area (Å²) in [5.41, 5.74) is 1.22. The number of esters is 1. The molecule has 0 unspecified atom stereocenters. The number of carbonyl (C=O) groups is 3. The average Bonchev–Trinajstić information content (AvgIpc) is 2.63. The Morgan fingerprint density at radius 2 is 1.69 bits per heavy atom. The van der Waals surface area contributed by atoms with E-state index in [1.54, 1.807) is 36.4 Å². The summed E-state index contributed by atoms with van der Waals surface area (Å²) in [6.07, 6.45) is 0.530.